The number of carbonyl (C=O) groups excluding carboxylic acids is 1. The number of rotatable bonds is 1. The van der Waals surface area contributed by atoms with Gasteiger partial charge in [-0.1, -0.05) is 0 Å². The van der Waals surface area contributed by atoms with Gasteiger partial charge in [-0.25, -0.2) is 8.78 Å². The Kier molecular flexibility index (Phi) is 2.49. The highest BCUT2D eigenvalue weighted by molar-refractivity contribution is 5.90. The van der Waals surface area contributed by atoms with E-state index in [4.69, 9.17) is 4.74 Å². The third-order valence-corrected chi connectivity index (χ3v) is 2.19. The lowest BCUT2D eigenvalue weighted by atomic mass is 10.0. The van der Waals surface area contributed by atoms with Crippen molar-refractivity contribution in [3.8, 4) is 0 Å². The van der Waals surface area contributed by atoms with Crippen LogP contribution in [0.1, 0.15) is 18.1 Å². The normalized spacial score (nSPS) is 20.1. The number of allylic oxidation sites excluding steroid dienone is 1. The summed E-state index contributed by atoms with van der Waals surface area (Å²) in [7, 11) is 0. The molecule has 0 radical (unpaired) electrons. The van der Waals surface area contributed by atoms with E-state index in [1.807, 2.05) is 0 Å². The molecule has 1 unspecified atom stereocenters. The van der Waals surface area contributed by atoms with Gasteiger partial charge in [0.2, 0.25) is 0 Å². The lowest BCUT2D eigenvalue weighted by Gasteiger charge is -2.19. The van der Waals surface area contributed by atoms with Crippen molar-refractivity contribution in [3.05, 3.63) is 47.7 Å². The van der Waals surface area contributed by atoms with Crippen LogP contribution in [0.5, 0.6) is 0 Å². The maximum atomic E-state index is 13.3. The van der Waals surface area contributed by atoms with E-state index in [-0.39, 0.29) is 17.8 Å². The third kappa shape index (κ3) is 2.03. The predicted octanol–water partition coefficient (Wildman–Crippen LogP) is 2.51. The number of carbonyl (C=O) groups is 1. The zero-order valence-corrected chi connectivity index (χ0v) is 7.74. The van der Waals surface area contributed by atoms with Crippen LogP contribution in [0, 0.1) is 11.6 Å². The van der Waals surface area contributed by atoms with E-state index < -0.39 is 17.7 Å². The van der Waals surface area contributed by atoms with Crippen molar-refractivity contribution in [2.45, 2.75) is 12.5 Å². The molecular formula is C11H8F2O2. The van der Waals surface area contributed by atoms with Crippen molar-refractivity contribution < 1.29 is 18.3 Å². The van der Waals surface area contributed by atoms with Crippen LogP contribution in [0.15, 0.2) is 30.5 Å². The van der Waals surface area contributed by atoms with Gasteiger partial charge in [-0.2, -0.15) is 0 Å². The quantitative estimate of drug-likeness (QED) is 0.711. The van der Waals surface area contributed by atoms with Crippen molar-refractivity contribution in [1.82, 2.24) is 0 Å². The smallest absolute Gasteiger partial charge is 0.162 e. The highest BCUT2D eigenvalue weighted by atomic mass is 19.1. The summed E-state index contributed by atoms with van der Waals surface area (Å²) in [4.78, 5) is 11.1. The molecule has 1 aliphatic heterocycles. The molecule has 15 heavy (non-hydrogen) atoms. The summed E-state index contributed by atoms with van der Waals surface area (Å²) in [6, 6.07) is 3.10. The fourth-order valence-electron chi connectivity index (χ4n) is 1.45. The molecule has 1 atom stereocenters. The Morgan fingerprint density at radius 1 is 1.33 bits per heavy atom. The first-order valence-corrected chi connectivity index (χ1v) is 4.46. The Morgan fingerprint density at radius 3 is 2.87 bits per heavy atom. The van der Waals surface area contributed by atoms with Crippen LogP contribution < -0.4 is 0 Å². The zero-order chi connectivity index (χ0) is 10.8. The molecule has 1 aromatic carbocycles. The Labute approximate surface area is 85.2 Å². The summed E-state index contributed by atoms with van der Waals surface area (Å²) in [5, 5.41) is 0. The van der Waals surface area contributed by atoms with Crippen LogP contribution in [0.4, 0.5) is 8.78 Å². The largest absolute Gasteiger partial charge is 0.493 e. The van der Waals surface area contributed by atoms with Gasteiger partial charge in [0.05, 0.1) is 12.7 Å². The monoisotopic (exact) mass is 210 g/mol. The van der Waals surface area contributed by atoms with Crippen molar-refractivity contribution in [2.24, 2.45) is 0 Å². The van der Waals surface area contributed by atoms with Crippen LogP contribution in [0.3, 0.4) is 0 Å². The molecule has 0 N–H and O–H groups in total. The van der Waals surface area contributed by atoms with E-state index >= 15 is 0 Å². The number of ether oxygens (including phenoxy) is 1. The maximum Gasteiger partial charge on any atom is 0.162 e. The van der Waals surface area contributed by atoms with Gasteiger partial charge < -0.3 is 4.74 Å². The summed E-state index contributed by atoms with van der Waals surface area (Å²) in [6.45, 7) is 0. The van der Waals surface area contributed by atoms with E-state index in [0.717, 1.165) is 18.2 Å². The van der Waals surface area contributed by atoms with Crippen molar-refractivity contribution >= 4 is 5.78 Å². The second kappa shape index (κ2) is 3.81. The molecule has 4 heteroatoms. The van der Waals surface area contributed by atoms with E-state index in [2.05, 4.69) is 0 Å². The van der Waals surface area contributed by atoms with Crippen molar-refractivity contribution in [3.63, 3.8) is 0 Å². The van der Waals surface area contributed by atoms with Gasteiger partial charge in [0.1, 0.15) is 17.7 Å². The van der Waals surface area contributed by atoms with Gasteiger partial charge in [0.25, 0.3) is 0 Å². The molecule has 0 spiro atoms. The van der Waals surface area contributed by atoms with Gasteiger partial charge in [-0.15, -0.1) is 0 Å². The Morgan fingerprint density at radius 2 is 2.13 bits per heavy atom. The minimum atomic E-state index is -0.724. The maximum absolute atomic E-state index is 13.3. The fourth-order valence-corrected chi connectivity index (χ4v) is 1.45. The summed E-state index contributed by atoms with van der Waals surface area (Å²) in [5.74, 6) is -1.27. The van der Waals surface area contributed by atoms with Crippen LogP contribution in [0.25, 0.3) is 0 Å². The van der Waals surface area contributed by atoms with E-state index in [1.165, 1.54) is 12.3 Å². The average molecular weight is 210 g/mol. The molecule has 2 nitrogen and oxygen atoms in total. The van der Waals surface area contributed by atoms with Gasteiger partial charge in [0, 0.05) is 11.6 Å². The second-order valence-corrected chi connectivity index (χ2v) is 3.26. The lowest BCUT2D eigenvalue weighted by Crippen LogP contribution is -2.12. The molecular weight excluding hydrogens is 202 g/mol. The SMILES string of the molecule is O=C1C=COC(c2cc(F)ccc2F)C1. The molecule has 1 aromatic rings. The summed E-state index contributed by atoms with van der Waals surface area (Å²) in [6.07, 6.45) is 1.80. The first kappa shape index (κ1) is 9.83. The summed E-state index contributed by atoms with van der Waals surface area (Å²) in [5.41, 5.74) is 0.0766. The molecule has 2 rings (SSSR count). The Bertz CT molecular complexity index is 427. The highest BCUT2D eigenvalue weighted by Gasteiger charge is 2.22. The first-order valence-electron chi connectivity index (χ1n) is 4.46. The molecule has 0 fully saturated rings. The summed E-state index contributed by atoms with van der Waals surface area (Å²) < 4.78 is 31.2. The lowest BCUT2D eigenvalue weighted by molar-refractivity contribution is -0.118. The Balaban J connectivity index is 2.33. The van der Waals surface area contributed by atoms with E-state index in [0.29, 0.717) is 0 Å². The molecule has 0 bridgehead atoms. The van der Waals surface area contributed by atoms with E-state index in [9.17, 15) is 13.6 Å². The molecule has 78 valence electrons. The molecule has 1 aliphatic rings. The molecule has 1 heterocycles. The number of hydrogen-bond donors (Lipinski definition) is 0. The predicted molar refractivity (Wildman–Crippen MR) is 48.9 cm³/mol. The topological polar surface area (TPSA) is 26.3 Å². The van der Waals surface area contributed by atoms with Crippen LogP contribution in [0.2, 0.25) is 0 Å². The Hall–Kier alpha value is -1.71. The fraction of sp³-hybridized carbons (Fsp3) is 0.182. The third-order valence-electron chi connectivity index (χ3n) is 2.19. The van der Waals surface area contributed by atoms with Gasteiger partial charge in [-0.05, 0) is 18.2 Å². The molecule has 0 amide bonds. The van der Waals surface area contributed by atoms with Crippen LogP contribution >= 0.6 is 0 Å². The number of halogens is 2. The standard InChI is InChI=1S/C11H8F2O2/c12-7-1-2-10(13)9(5-7)11-6-8(14)3-4-15-11/h1-5,11H,6H2. The molecule has 0 aliphatic carbocycles. The van der Waals surface area contributed by atoms with Crippen LogP contribution in [-0.4, -0.2) is 5.78 Å². The average Bonchev–Trinajstić information content (AvgIpc) is 2.22. The highest BCUT2D eigenvalue weighted by Crippen LogP contribution is 2.27. The number of benzene rings is 1. The number of ketones is 1. The van der Waals surface area contributed by atoms with Gasteiger partial charge in [-0.3, -0.25) is 4.79 Å². The first-order chi connectivity index (χ1) is 7.16. The van der Waals surface area contributed by atoms with Crippen molar-refractivity contribution in [1.29, 1.82) is 0 Å². The minimum absolute atomic E-state index is 0.0386. The zero-order valence-electron chi connectivity index (χ0n) is 7.74. The van der Waals surface area contributed by atoms with Crippen LogP contribution in [-0.2, 0) is 9.53 Å². The second-order valence-electron chi connectivity index (χ2n) is 3.26. The van der Waals surface area contributed by atoms with Gasteiger partial charge >= 0.3 is 0 Å². The van der Waals surface area contributed by atoms with E-state index in [1.54, 1.807) is 0 Å². The summed E-state index contributed by atoms with van der Waals surface area (Å²) >= 11 is 0. The molecule has 0 saturated carbocycles. The van der Waals surface area contributed by atoms with Crippen molar-refractivity contribution in [2.75, 3.05) is 0 Å². The minimum Gasteiger partial charge on any atom is -0.493 e. The molecule has 0 aromatic heterocycles. The van der Waals surface area contributed by atoms with Gasteiger partial charge in [0.15, 0.2) is 5.78 Å². The number of hydrogen-bond acceptors (Lipinski definition) is 2. The molecule has 0 saturated heterocycles.